The first kappa shape index (κ1) is 20.5. The van der Waals surface area contributed by atoms with E-state index in [4.69, 9.17) is 14.7 Å². The van der Waals surface area contributed by atoms with Crippen LogP contribution in [0.5, 0.6) is 0 Å². The summed E-state index contributed by atoms with van der Waals surface area (Å²) in [5, 5.41) is 0. The van der Waals surface area contributed by atoms with E-state index in [2.05, 4.69) is 22.7 Å². The summed E-state index contributed by atoms with van der Waals surface area (Å²) in [7, 11) is -13.7. The van der Waals surface area contributed by atoms with Crippen molar-refractivity contribution in [2.45, 2.75) is 33.1 Å². The lowest BCUT2D eigenvalue weighted by molar-refractivity contribution is 0.185. The Bertz CT molecular complexity index is 668. The molecule has 24 heavy (non-hydrogen) atoms. The second-order valence-corrected chi connectivity index (χ2v) is 12.2. The number of rotatable bonds is 8. The molecule has 9 nitrogen and oxygen atoms in total. The number of hydrogen-bond acceptors (Lipinski definition) is 6. The van der Waals surface area contributed by atoms with Crippen LogP contribution in [0.1, 0.15) is 33.1 Å². The molecule has 0 aromatic rings. The van der Waals surface area contributed by atoms with E-state index in [1.54, 1.807) is 0 Å². The normalized spacial score (nSPS) is 32.0. The van der Waals surface area contributed by atoms with Crippen molar-refractivity contribution >= 4 is 25.5 Å². The first-order chi connectivity index (χ1) is 10.7. The Hall–Kier alpha value is 0.210. The summed E-state index contributed by atoms with van der Waals surface area (Å²) in [4.78, 5) is 26.0. The Balaban J connectivity index is 1.85. The third-order valence-electron chi connectivity index (χ3n) is 5.32. The maximum absolute atomic E-state index is 12.2. The van der Waals surface area contributed by atoms with Crippen LogP contribution in [0.25, 0.3) is 0 Å². The van der Waals surface area contributed by atoms with Gasteiger partial charge in [0.1, 0.15) is 0 Å². The highest BCUT2D eigenvalue weighted by molar-refractivity contribution is 7.91. The lowest BCUT2D eigenvalue weighted by Crippen LogP contribution is -2.27. The second kappa shape index (κ2) is 6.74. The molecule has 142 valence electrons. The van der Waals surface area contributed by atoms with Gasteiger partial charge >= 0.3 is 15.6 Å². The molecule has 2 aliphatic rings. The van der Waals surface area contributed by atoms with Gasteiger partial charge in [-0.1, -0.05) is 13.8 Å². The maximum atomic E-state index is 12.2. The molecule has 2 saturated carbocycles. The van der Waals surface area contributed by atoms with Crippen molar-refractivity contribution in [3.63, 3.8) is 0 Å². The lowest BCUT2D eigenvalue weighted by atomic mass is 9.80. The summed E-state index contributed by atoms with van der Waals surface area (Å²) in [6, 6.07) is 0. The van der Waals surface area contributed by atoms with Gasteiger partial charge in [-0.25, -0.2) is 17.5 Å². The van der Waals surface area contributed by atoms with Crippen molar-refractivity contribution in [1.82, 2.24) is 0 Å². The molecule has 0 aromatic carbocycles. The first-order valence-corrected chi connectivity index (χ1v) is 12.5. The fourth-order valence-corrected chi connectivity index (χ4v) is 7.49. The fraction of sp³-hybridized carbons (Fsp3) is 1.00. The quantitative estimate of drug-likeness (QED) is 0.512. The third kappa shape index (κ3) is 5.11. The van der Waals surface area contributed by atoms with Crippen LogP contribution >= 0.6 is 15.6 Å². The Morgan fingerprint density at radius 1 is 1.17 bits per heavy atom. The van der Waals surface area contributed by atoms with E-state index >= 15 is 0 Å². The van der Waals surface area contributed by atoms with Crippen LogP contribution in [0, 0.1) is 23.2 Å². The molecule has 0 heterocycles. The summed E-state index contributed by atoms with van der Waals surface area (Å²) in [6.07, 6.45) is 3.03. The van der Waals surface area contributed by atoms with Gasteiger partial charge in [0, 0.05) is 0 Å². The molecule has 2 rings (SSSR count). The van der Waals surface area contributed by atoms with Crippen molar-refractivity contribution in [2.75, 3.05) is 18.1 Å². The summed E-state index contributed by atoms with van der Waals surface area (Å²) in [5.74, 6) is 0.469. The SMILES string of the molecule is CC1(C)C2CCC1C(CS(=O)(=O)CCOP(=O)(O)OP(=O)(O)O)C2. The zero-order valence-electron chi connectivity index (χ0n) is 13.6. The first-order valence-electron chi connectivity index (χ1n) is 7.66. The Labute approximate surface area is 141 Å². The molecule has 2 bridgehead atoms. The van der Waals surface area contributed by atoms with E-state index in [9.17, 15) is 17.5 Å². The van der Waals surface area contributed by atoms with Crippen LogP contribution in [-0.2, 0) is 27.8 Å². The van der Waals surface area contributed by atoms with Gasteiger partial charge in [-0.15, -0.1) is 0 Å². The second-order valence-electron chi connectivity index (χ2n) is 7.19. The van der Waals surface area contributed by atoms with Crippen molar-refractivity contribution in [3.8, 4) is 0 Å². The molecule has 4 unspecified atom stereocenters. The van der Waals surface area contributed by atoms with Crippen LogP contribution in [0.2, 0.25) is 0 Å². The van der Waals surface area contributed by atoms with Crippen molar-refractivity contribution < 1.29 is 41.1 Å². The molecule has 0 aliphatic heterocycles. The molecule has 0 amide bonds. The van der Waals surface area contributed by atoms with E-state index < -0.39 is 37.8 Å². The zero-order valence-corrected chi connectivity index (χ0v) is 16.2. The summed E-state index contributed by atoms with van der Waals surface area (Å²) in [5.41, 5.74) is 0.148. The van der Waals surface area contributed by atoms with Crippen LogP contribution in [-0.4, -0.2) is 41.2 Å². The van der Waals surface area contributed by atoms with Crippen molar-refractivity contribution in [1.29, 1.82) is 0 Å². The van der Waals surface area contributed by atoms with Gasteiger partial charge in [0.05, 0.1) is 18.1 Å². The smallest absolute Gasteiger partial charge is 0.302 e. The van der Waals surface area contributed by atoms with Gasteiger partial charge in [0.2, 0.25) is 0 Å². The predicted molar refractivity (Wildman–Crippen MR) is 85.7 cm³/mol. The molecule has 12 heteroatoms. The fourth-order valence-electron chi connectivity index (χ4n) is 4.25. The van der Waals surface area contributed by atoms with E-state index in [1.807, 2.05) is 0 Å². The molecule has 0 radical (unpaired) electrons. The number of phosphoric acid groups is 2. The van der Waals surface area contributed by atoms with E-state index in [1.165, 1.54) is 0 Å². The minimum absolute atomic E-state index is 0.00393. The van der Waals surface area contributed by atoms with Crippen LogP contribution < -0.4 is 0 Å². The molecule has 2 aliphatic carbocycles. The Kier molecular flexibility index (Phi) is 5.76. The zero-order chi connectivity index (χ0) is 18.4. The van der Waals surface area contributed by atoms with Crippen molar-refractivity contribution in [2.24, 2.45) is 23.2 Å². The van der Waals surface area contributed by atoms with E-state index in [-0.39, 0.29) is 17.1 Å². The van der Waals surface area contributed by atoms with Gasteiger partial charge in [-0.05, 0) is 42.4 Å². The summed E-state index contributed by atoms with van der Waals surface area (Å²) >= 11 is 0. The molecule has 4 atom stereocenters. The predicted octanol–water partition coefficient (Wildman–Crippen LogP) is 1.70. The highest BCUT2D eigenvalue weighted by Crippen LogP contribution is 2.60. The molecule has 0 spiro atoms. The maximum Gasteiger partial charge on any atom is 0.481 e. The largest absolute Gasteiger partial charge is 0.481 e. The standard InChI is InChI=1S/C12H24O9P2S/c1-12(2)10-3-4-11(12)9(7-10)8-24(18,19)6-5-20-23(16,17)21-22(13,14)15/h9-11H,3-8H2,1-2H3,(H,16,17)(H2,13,14,15). The van der Waals surface area contributed by atoms with Gasteiger partial charge in [0.15, 0.2) is 9.84 Å². The van der Waals surface area contributed by atoms with Gasteiger partial charge < -0.3 is 14.7 Å². The number of fused-ring (bicyclic) bond motifs is 2. The highest BCUT2D eigenvalue weighted by atomic mass is 32.2. The number of phosphoric ester groups is 1. The average Bonchev–Trinajstić information content (AvgIpc) is 2.72. The van der Waals surface area contributed by atoms with Crippen molar-refractivity contribution in [3.05, 3.63) is 0 Å². The van der Waals surface area contributed by atoms with Gasteiger partial charge in [-0.2, -0.15) is 4.31 Å². The lowest BCUT2D eigenvalue weighted by Gasteiger charge is -2.26. The molecule has 0 aromatic heterocycles. The number of sulfone groups is 1. The molecular formula is C12H24O9P2S. The Morgan fingerprint density at radius 3 is 2.25 bits per heavy atom. The highest BCUT2D eigenvalue weighted by Gasteiger charge is 2.53. The Morgan fingerprint density at radius 2 is 1.79 bits per heavy atom. The third-order valence-corrected chi connectivity index (χ3v) is 9.23. The summed E-state index contributed by atoms with van der Waals surface area (Å²) in [6.45, 7) is 3.68. The van der Waals surface area contributed by atoms with Crippen LogP contribution in [0.4, 0.5) is 0 Å². The average molecular weight is 406 g/mol. The summed E-state index contributed by atoms with van der Waals surface area (Å²) < 4.78 is 54.1. The minimum atomic E-state index is -5.20. The molecule has 0 saturated heterocycles. The minimum Gasteiger partial charge on any atom is -0.302 e. The van der Waals surface area contributed by atoms with E-state index in [0.717, 1.165) is 19.3 Å². The molecule has 3 N–H and O–H groups in total. The number of hydrogen-bond donors (Lipinski definition) is 3. The topological polar surface area (TPSA) is 147 Å². The van der Waals surface area contributed by atoms with Gasteiger partial charge in [-0.3, -0.25) is 4.52 Å². The monoisotopic (exact) mass is 406 g/mol. The van der Waals surface area contributed by atoms with Gasteiger partial charge in [0.25, 0.3) is 0 Å². The van der Waals surface area contributed by atoms with Crippen LogP contribution in [0.15, 0.2) is 0 Å². The van der Waals surface area contributed by atoms with E-state index in [0.29, 0.717) is 11.8 Å². The van der Waals surface area contributed by atoms with Crippen LogP contribution in [0.3, 0.4) is 0 Å². The molecule has 2 fully saturated rings. The molecular weight excluding hydrogens is 382 g/mol.